The number of hydrogen-bond acceptors (Lipinski definition) is 1. The molecule has 0 unspecified atom stereocenters. The van der Waals surface area contributed by atoms with Gasteiger partial charge in [0.25, 0.3) is 0 Å². The molecule has 0 aliphatic rings. The summed E-state index contributed by atoms with van der Waals surface area (Å²) in [6.45, 7) is 13.8. The molecule has 0 aliphatic carbocycles. The van der Waals surface area contributed by atoms with Crippen molar-refractivity contribution in [1.29, 1.82) is 0 Å². The second kappa shape index (κ2) is 11.2. The zero-order valence-corrected chi connectivity index (χ0v) is 21.9. The average molecular weight is 483 g/mol. The summed E-state index contributed by atoms with van der Waals surface area (Å²) in [4.78, 5) is 2.60. The Morgan fingerprint density at radius 3 is 1.69 bits per heavy atom. The first-order chi connectivity index (χ1) is 14.6. The first kappa shape index (κ1) is 26.3. The van der Waals surface area contributed by atoms with E-state index in [1.54, 1.807) is 0 Å². The molecule has 0 N–H and O–H groups in total. The van der Waals surface area contributed by atoms with E-state index >= 15 is 0 Å². The summed E-state index contributed by atoms with van der Waals surface area (Å²) in [7, 11) is 0. The van der Waals surface area contributed by atoms with Crippen molar-refractivity contribution in [2.75, 3.05) is 0 Å². The molecule has 0 spiro atoms. The van der Waals surface area contributed by atoms with E-state index in [9.17, 15) is 0 Å². The van der Waals surface area contributed by atoms with Crippen molar-refractivity contribution in [2.45, 2.75) is 62.2 Å². The Labute approximate surface area is 209 Å². The van der Waals surface area contributed by atoms with Crippen molar-refractivity contribution in [1.82, 2.24) is 0 Å². The minimum Gasteiger partial charge on any atom is -0.214 e. The van der Waals surface area contributed by atoms with E-state index in [1.165, 1.54) is 32.0 Å². The maximum atomic E-state index is 2.39. The average Bonchev–Trinajstić information content (AvgIpc) is 3.42. The van der Waals surface area contributed by atoms with E-state index < -0.39 is 0 Å². The molecule has 0 nitrogen and oxygen atoms in total. The van der Waals surface area contributed by atoms with E-state index in [4.69, 9.17) is 0 Å². The maximum absolute atomic E-state index is 2.39. The van der Waals surface area contributed by atoms with Crippen LogP contribution in [0.5, 0.6) is 0 Å². The second-order valence-corrected chi connectivity index (χ2v) is 11.1. The van der Waals surface area contributed by atoms with E-state index in [0.29, 0.717) is 0 Å². The van der Waals surface area contributed by atoms with Crippen LogP contribution < -0.4 is 0 Å². The number of benzene rings is 2. The Hall–Kier alpha value is -1.99. The van der Waals surface area contributed by atoms with Gasteiger partial charge in [0.1, 0.15) is 0 Å². The summed E-state index contributed by atoms with van der Waals surface area (Å²) in [5, 5.41) is 0. The first-order valence-corrected chi connectivity index (χ1v) is 11.8. The molecule has 0 bridgehead atoms. The van der Waals surface area contributed by atoms with Gasteiger partial charge < -0.3 is 0 Å². The molecule has 2 heteroatoms. The SMILES string of the molecule is CC(C)(C)c1cc(-c2cc[cH-]c2Sc2ccccc2)cc(C(C)(C)C)c1.[Fe+2].c1cc[cH-]c1. The van der Waals surface area contributed by atoms with Gasteiger partial charge >= 0.3 is 17.1 Å². The van der Waals surface area contributed by atoms with Crippen molar-refractivity contribution in [3.63, 3.8) is 0 Å². The molecule has 168 valence electrons. The van der Waals surface area contributed by atoms with Crippen LogP contribution >= 0.6 is 11.8 Å². The van der Waals surface area contributed by atoms with Crippen LogP contribution in [0.3, 0.4) is 0 Å². The van der Waals surface area contributed by atoms with Gasteiger partial charge in [-0.2, -0.15) is 35.9 Å². The number of rotatable bonds is 3. The summed E-state index contributed by atoms with van der Waals surface area (Å²) < 4.78 is 0. The molecule has 4 aromatic rings. The Balaban J connectivity index is 0.000000534. The molecular formula is C30H34FeS. The smallest absolute Gasteiger partial charge is 0.214 e. The summed E-state index contributed by atoms with van der Waals surface area (Å²) in [6, 6.07) is 34.4. The predicted octanol–water partition coefficient (Wildman–Crippen LogP) is 9.22. The van der Waals surface area contributed by atoms with Crippen LogP contribution in [0.4, 0.5) is 0 Å². The van der Waals surface area contributed by atoms with Gasteiger partial charge in [0.05, 0.1) is 0 Å². The largest absolute Gasteiger partial charge is 2.00 e. The van der Waals surface area contributed by atoms with Gasteiger partial charge in [-0.05, 0) is 34.1 Å². The van der Waals surface area contributed by atoms with Gasteiger partial charge in [-0.15, -0.1) is 16.7 Å². The Bertz CT molecular complexity index is 1010. The fourth-order valence-corrected chi connectivity index (χ4v) is 4.31. The van der Waals surface area contributed by atoms with Crippen LogP contribution in [-0.2, 0) is 27.9 Å². The predicted molar refractivity (Wildman–Crippen MR) is 137 cm³/mol. The molecule has 0 aromatic heterocycles. The fraction of sp³-hybridized carbons (Fsp3) is 0.267. The van der Waals surface area contributed by atoms with Gasteiger partial charge in [0, 0.05) is 4.90 Å². The van der Waals surface area contributed by atoms with E-state index in [0.717, 1.165) is 0 Å². The van der Waals surface area contributed by atoms with Crippen LogP contribution in [-0.4, -0.2) is 0 Å². The summed E-state index contributed by atoms with van der Waals surface area (Å²) in [5.41, 5.74) is 5.72. The monoisotopic (exact) mass is 482 g/mol. The third kappa shape index (κ3) is 7.27. The first-order valence-electron chi connectivity index (χ1n) is 11.0. The quantitative estimate of drug-likeness (QED) is 0.207. The van der Waals surface area contributed by atoms with Gasteiger partial charge in [0.2, 0.25) is 0 Å². The van der Waals surface area contributed by atoms with Gasteiger partial charge in [-0.3, -0.25) is 0 Å². The van der Waals surface area contributed by atoms with E-state index in [2.05, 4.69) is 108 Å². The molecule has 0 heterocycles. The van der Waals surface area contributed by atoms with Crippen molar-refractivity contribution >= 4 is 11.8 Å². The second-order valence-electron chi connectivity index (χ2n) is 9.98. The van der Waals surface area contributed by atoms with Gasteiger partial charge in [-0.1, -0.05) is 83.5 Å². The van der Waals surface area contributed by atoms with Crippen molar-refractivity contribution in [3.05, 3.63) is 108 Å². The molecule has 4 rings (SSSR count). The van der Waals surface area contributed by atoms with E-state index in [1.807, 2.05) is 42.1 Å². The molecule has 0 radical (unpaired) electrons. The minimum atomic E-state index is 0. The minimum absolute atomic E-state index is 0. The standard InChI is InChI=1S/C25H29S.C5H5.Fe/c1-24(2,3)19-15-18(16-20(17-19)25(4,5)6)22-13-10-14-23(22)26-21-11-8-7-9-12-21;1-2-4-5-3-1;/h7-17H,1-6H3;1-5H;/q2*-1;+2. The van der Waals surface area contributed by atoms with Crippen molar-refractivity contribution in [2.24, 2.45) is 0 Å². The van der Waals surface area contributed by atoms with Crippen LogP contribution in [0.25, 0.3) is 11.1 Å². The molecular weight excluding hydrogens is 448 g/mol. The summed E-state index contributed by atoms with van der Waals surface area (Å²) in [6.07, 6.45) is 0. The van der Waals surface area contributed by atoms with Crippen LogP contribution in [0, 0.1) is 0 Å². The molecule has 4 aromatic carbocycles. The zero-order chi connectivity index (χ0) is 22.5. The summed E-state index contributed by atoms with van der Waals surface area (Å²) >= 11 is 1.84. The molecule has 0 aliphatic heterocycles. The topological polar surface area (TPSA) is 0 Å². The third-order valence-electron chi connectivity index (χ3n) is 5.28. The molecule has 0 atom stereocenters. The number of hydrogen-bond donors (Lipinski definition) is 0. The van der Waals surface area contributed by atoms with Crippen molar-refractivity contribution < 1.29 is 17.1 Å². The molecule has 0 saturated carbocycles. The zero-order valence-electron chi connectivity index (χ0n) is 20.0. The van der Waals surface area contributed by atoms with E-state index in [-0.39, 0.29) is 27.9 Å². The van der Waals surface area contributed by atoms with Crippen molar-refractivity contribution in [3.8, 4) is 11.1 Å². The Kier molecular flexibility index (Phi) is 9.22. The maximum Gasteiger partial charge on any atom is 2.00 e. The van der Waals surface area contributed by atoms with Gasteiger partial charge in [-0.25, -0.2) is 18.2 Å². The Morgan fingerprint density at radius 1 is 0.656 bits per heavy atom. The van der Waals surface area contributed by atoms with Crippen LogP contribution in [0.15, 0.2) is 107 Å². The molecule has 0 amide bonds. The fourth-order valence-electron chi connectivity index (χ4n) is 3.32. The van der Waals surface area contributed by atoms with Crippen LogP contribution in [0.1, 0.15) is 52.7 Å². The van der Waals surface area contributed by atoms with Gasteiger partial charge in [0.15, 0.2) is 0 Å². The molecule has 0 fully saturated rings. The molecule has 0 saturated heterocycles. The normalized spacial score (nSPS) is 11.3. The summed E-state index contributed by atoms with van der Waals surface area (Å²) in [5.74, 6) is 0. The third-order valence-corrected chi connectivity index (χ3v) is 6.36. The van der Waals surface area contributed by atoms with Crippen LogP contribution in [0.2, 0.25) is 0 Å². The Morgan fingerprint density at radius 2 is 1.22 bits per heavy atom. The molecule has 32 heavy (non-hydrogen) atoms.